The normalized spacial score (nSPS) is 14.8. The third kappa shape index (κ3) is 10.2. The van der Waals surface area contributed by atoms with E-state index in [4.69, 9.17) is 10.5 Å². The summed E-state index contributed by atoms with van der Waals surface area (Å²) < 4.78 is 8.20. The second-order valence-electron chi connectivity index (χ2n) is 16.6. The molecule has 5 heterocycles. The Morgan fingerprint density at radius 2 is 1.48 bits per heavy atom. The van der Waals surface area contributed by atoms with Gasteiger partial charge < -0.3 is 25.3 Å². The molecule has 0 unspecified atom stereocenters. The van der Waals surface area contributed by atoms with E-state index in [-0.39, 0.29) is 41.7 Å². The van der Waals surface area contributed by atoms with E-state index < -0.39 is 0 Å². The van der Waals surface area contributed by atoms with E-state index in [1.54, 1.807) is 11.3 Å². The van der Waals surface area contributed by atoms with Crippen molar-refractivity contribution < 1.29 is 19.1 Å². The number of benzene rings is 4. The van der Waals surface area contributed by atoms with Crippen molar-refractivity contribution in [2.45, 2.75) is 59.4 Å². The van der Waals surface area contributed by atoms with Gasteiger partial charge in [-0.2, -0.15) is 9.97 Å². The van der Waals surface area contributed by atoms with Gasteiger partial charge in [0.15, 0.2) is 17.2 Å². The maximum Gasteiger partial charge on any atom is 0.328 e. The fourth-order valence-electron chi connectivity index (χ4n) is 8.41. The SMILES string of the molecule is CCC(=O)c1ccc2ccccc2c1.CCCCOc1nc(N)c2[nH]c(=O)n(Cc3ccc(C(=O)N4CCN(CC5CCN(C(=O)c6ccc7nc(C)sc7c6)CC5)CC4)cc3)c2n1. The number of thiazole rings is 1. The highest BCUT2D eigenvalue weighted by molar-refractivity contribution is 7.18. The lowest BCUT2D eigenvalue weighted by Gasteiger charge is -2.39. The quantitative estimate of drug-likeness (QED) is 0.0920. The predicted octanol–water partition coefficient (Wildman–Crippen LogP) is 7.59. The standard InChI is InChI=1S/C36H43N9O4S.C13H12O/c1-3-4-19-49-35-40-31(37)30-32(41-35)45(36(48)39-30)22-24-5-7-26(8-6-24)33(46)44-17-15-42(16-18-44)21-25-11-13-43(14-12-25)34(47)27-9-10-28-29(20-27)50-23(2)38-28;1-2-13(14)12-8-7-10-5-3-4-6-11(10)9-12/h5-10,20,25H,3-4,11-19,21-22H2,1-2H3,(H,39,48)(H2,37,40,41);3-9H,2H2,1H3. The van der Waals surface area contributed by atoms with Crippen LogP contribution in [0, 0.1) is 12.8 Å². The van der Waals surface area contributed by atoms with Crippen LogP contribution in [0.4, 0.5) is 5.82 Å². The molecule has 15 heteroatoms. The number of fused-ring (bicyclic) bond motifs is 3. The summed E-state index contributed by atoms with van der Waals surface area (Å²) in [4.78, 5) is 73.1. The number of amides is 2. The average molecular weight is 882 g/mol. The third-order valence-electron chi connectivity index (χ3n) is 12.1. The molecular weight excluding hydrogens is 827 g/mol. The Balaban J connectivity index is 0.000000339. The molecule has 4 aromatic carbocycles. The molecule has 2 aliphatic heterocycles. The van der Waals surface area contributed by atoms with Crippen LogP contribution >= 0.6 is 11.3 Å². The fraction of sp³-hybridized carbons (Fsp3) is 0.367. The van der Waals surface area contributed by atoms with Gasteiger partial charge in [-0.3, -0.25) is 23.9 Å². The molecule has 9 rings (SSSR count). The zero-order chi connectivity index (χ0) is 44.7. The number of piperazine rings is 1. The van der Waals surface area contributed by atoms with Crippen molar-refractivity contribution in [3.8, 4) is 6.01 Å². The van der Waals surface area contributed by atoms with Crippen LogP contribution in [0.15, 0.2) is 89.7 Å². The number of aromatic amines is 1. The monoisotopic (exact) mass is 881 g/mol. The number of unbranched alkanes of at least 4 members (excludes halogenated alkanes) is 1. The van der Waals surface area contributed by atoms with E-state index in [2.05, 4.69) is 37.8 Å². The van der Waals surface area contributed by atoms with Gasteiger partial charge >= 0.3 is 11.7 Å². The Morgan fingerprint density at radius 3 is 2.22 bits per heavy atom. The number of likely N-dealkylation sites (tertiary alicyclic amines) is 1. The number of anilines is 1. The zero-order valence-corrected chi connectivity index (χ0v) is 37.5. The molecule has 0 aliphatic carbocycles. The molecule has 2 amide bonds. The number of nitrogens with two attached hydrogens (primary N) is 1. The molecule has 0 spiro atoms. The molecule has 0 atom stereocenters. The van der Waals surface area contributed by atoms with Gasteiger partial charge in [-0.15, -0.1) is 11.3 Å². The maximum absolute atomic E-state index is 13.4. The van der Waals surface area contributed by atoms with Crippen LogP contribution < -0.4 is 16.2 Å². The summed E-state index contributed by atoms with van der Waals surface area (Å²) in [7, 11) is 0. The number of nitrogens with one attached hydrogen (secondary N) is 1. The zero-order valence-electron chi connectivity index (χ0n) is 36.7. The number of carbonyl (C=O) groups excluding carboxylic acids is 3. The van der Waals surface area contributed by atoms with Crippen LogP contribution in [0.5, 0.6) is 6.01 Å². The lowest BCUT2D eigenvalue weighted by atomic mass is 9.95. The van der Waals surface area contributed by atoms with Gasteiger partial charge in [0.05, 0.1) is 28.4 Å². The first-order valence-electron chi connectivity index (χ1n) is 22.2. The number of aromatic nitrogens is 5. The molecule has 14 nitrogen and oxygen atoms in total. The molecule has 2 saturated heterocycles. The summed E-state index contributed by atoms with van der Waals surface area (Å²) in [6.07, 6.45) is 4.37. The van der Waals surface area contributed by atoms with Crippen molar-refractivity contribution in [3.05, 3.63) is 123 Å². The van der Waals surface area contributed by atoms with Gasteiger partial charge in [-0.25, -0.2) is 9.78 Å². The molecule has 2 aliphatic rings. The lowest BCUT2D eigenvalue weighted by molar-refractivity contribution is 0.0561. The first-order chi connectivity index (χ1) is 31.1. The minimum atomic E-state index is -0.344. The van der Waals surface area contributed by atoms with Crippen molar-refractivity contribution in [1.29, 1.82) is 0 Å². The van der Waals surface area contributed by atoms with Gasteiger partial charge in [-0.05, 0) is 84.8 Å². The molecule has 3 N–H and O–H groups in total. The van der Waals surface area contributed by atoms with Crippen LogP contribution in [0.3, 0.4) is 0 Å². The van der Waals surface area contributed by atoms with Gasteiger partial charge in [0.25, 0.3) is 11.8 Å². The molecule has 64 heavy (non-hydrogen) atoms. The largest absolute Gasteiger partial charge is 0.463 e. The number of nitrogen functional groups attached to an aromatic ring is 1. The number of H-pyrrole nitrogens is 1. The molecule has 0 bridgehead atoms. The number of rotatable bonds is 12. The Hall–Kier alpha value is -6.45. The van der Waals surface area contributed by atoms with E-state index in [1.165, 1.54) is 9.95 Å². The average Bonchev–Trinajstić information content (AvgIpc) is 3.86. The van der Waals surface area contributed by atoms with Crippen molar-refractivity contribution in [3.63, 3.8) is 0 Å². The summed E-state index contributed by atoms with van der Waals surface area (Å²) in [5, 5.41) is 3.32. The molecule has 0 saturated carbocycles. The first-order valence-corrected chi connectivity index (χ1v) is 23.1. The number of piperidine rings is 1. The predicted molar refractivity (Wildman–Crippen MR) is 252 cm³/mol. The van der Waals surface area contributed by atoms with Crippen LogP contribution in [0.1, 0.15) is 87.6 Å². The molecule has 2 fully saturated rings. The minimum Gasteiger partial charge on any atom is -0.463 e. The lowest BCUT2D eigenvalue weighted by Crippen LogP contribution is -2.50. The summed E-state index contributed by atoms with van der Waals surface area (Å²) >= 11 is 1.62. The van der Waals surface area contributed by atoms with Gasteiger partial charge in [0.1, 0.15) is 5.52 Å². The van der Waals surface area contributed by atoms with E-state index in [9.17, 15) is 19.2 Å². The highest BCUT2D eigenvalue weighted by Crippen LogP contribution is 2.26. The van der Waals surface area contributed by atoms with E-state index in [0.29, 0.717) is 48.8 Å². The van der Waals surface area contributed by atoms with Crippen LogP contribution in [-0.4, -0.2) is 109 Å². The Bertz CT molecular complexity index is 2840. The van der Waals surface area contributed by atoms with Crippen molar-refractivity contribution >= 4 is 66.9 Å². The van der Waals surface area contributed by atoms with Gasteiger partial charge in [-0.1, -0.05) is 68.8 Å². The van der Waals surface area contributed by atoms with Crippen LogP contribution in [0.2, 0.25) is 0 Å². The number of hydrogen-bond acceptors (Lipinski definition) is 11. The van der Waals surface area contributed by atoms with Crippen molar-refractivity contribution in [2.24, 2.45) is 5.92 Å². The molecular formula is C49H55N9O5S. The number of carbonyl (C=O) groups is 3. The number of aryl methyl sites for hydroxylation is 1. The van der Waals surface area contributed by atoms with E-state index in [1.807, 2.05) is 103 Å². The highest BCUT2D eigenvalue weighted by atomic mass is 32.1. The Labute approximate surface area is 376 Å². The van der Waals surface area contributed by atoms with Gasteiger partial charge in [0, 0.05) is 68.9 Å². The number of ether oxygens (including phenoxy) is 1. The van der Waals surface area contributed by atoms with Crippen molar-refractivity contribution in [1.82, 2.24) is 39.2 Å². The number of hydrogen-bond donors (Lipinski definition) is 2. The summed E-state index contributed by atoms with van der Waals surface area (Å²) in [6, 6.07) is 27.3. The second-order valence-corrected chi connectivity index (χ2v) is 17.8. The van der Waals surface area contributed by atoms with Crippen molar-refractivity contribution in [2.75, 3.05) is 58.2 Å². The van der Waals surface area contributed by atoms with E-state index in [0.717, 1.165) is 95.7 Å². The summed E-state index contributed by atoms with van der Waals surface area (Å²) in [5.74, 6) is 1.01. The third-order valence-corrected chi connectivity index (χ3v) is 13.0. The minimum absolute atomic E-state index is 0.00773. The first kappa shape index (κ1) is 44.2. The number of nitrogens with zero attached hydrogens (tertiary/aromatic N) is 7. The van der Waals surface area contributed by atoms with E-state index >= 15 is 0 Å². The maximum atomic E-state index is 13.4. The van der Waals surface area contributed by atoms with Gasteiger partial charge in [0.2, 0.25) is 0 Å². The highest BCUT2D eigenvalue weighted by Gasteiger charge is 2.28. The Morgan fingerprint density at radius 1 is 0.797 bits per heavy atom. The topological polar surface area (TPSA) is 173 Å². The number of imidazole rings is 1. The molecule has 0 radical (unpaired) electrons. The van der Waals surface area contributed by atoms with Crippen LogP contribution in [-0.2, 0) is 6.54 Å². The fourth-order valence-corrected chi connectivity index (χ4v) is 9.27. The number of ketones is 1. The Kier molecular flexibility index (Phi) is 13.8. The second kappa shape index (κ2) is 19.9. The molecule has 3 aromatic heterocycles. The molecule has 332 valence electrons. The number of Topliss-reactive ketones (excluding diaryl/α,β-unsaturated/α-hetero) is 1. The summed E-state index contributed by atoms with van der Waals surface area (Å²) in [6.45, 7) is 12.2. The summed E-state index contributed by atoms with van der Waals surface area (Å²) in [5.41, 5.74) is 10.5. The van der Waals surface area contributed by atoms with Crippen LogP contribution in [0.25, 0.3) is 32.2 Å². The molecule has 7 aromatic rings. The smallest absolute Gasteiger partial charge is 0.328 e.